The van der Waals surface area contributed by atoms with Crippen LogP contribution in [0.1, 0.15) is 58.8 Å². The van der Waals surface area contributed by atoms with Gasteiger partial charge in [-0.3, -0.25) is 4.79 Å². The van der Waals surface area contributed by atoms with Crippen LogP contribution in [0.5, 0.6) is 0 Å². The summed E-state index contributed by atoms with van der Waals surface area (Å²) in [5.41, 5.74) is 2.56. The second kappa shape index (κ2) is 6.91. The second-order valence-electron chi connectivity index (χ2n) is 7.56. The minimum absolute atomic E-state index is 0.0509. The van der Waals surface area contributed by atoms with Gasteiger partial charge in [-0.25, -0.2) is 0 Å². The van der Waals surface area contributed by atoms with Gasteiger partial charge in [0.25, 0.3) is 0 Å². The summed E-state index contributed by atoms with van der Waals surface area (Å²) in [7, 11) is 0. The molecule has 0 aromatic carbocycles. The van der Waals surface area contributed by atoms with E-state index in [0.29, 0.717) is 17.8 Å². The highest BCUT2D eigenvalue weighted by atomic mass is 16.3. The van der Waals surface area contributed by atoms with Gasteiger partial charge in [0.05, 0.1) is 0 Å². The van der Waals surface area contributed by atoms with E-state index in [0.717, 1.165) is 36.5 Å². The third-order valence-electron chi connectivity index (χ3n) is 5.88. The highest BCUT2D eigenvalue weighted by Crippen LogP contribution is 2.54. The van der Waals surface area contributed by atoms with Crippen LogP contribution in [0.4, 0.5) is 0 Å². The topological polar surface area (TPSA) is 37.3 Å². The van der Waals surface area contributed by atoms with Gasteiger partial charge in [0.2, 0.25) is 0 Å². The molecule has 2 aliphatic rings. The maximum Gasteiger partial charge on any atom is 0.145 e. The van der Waals surface area contributed by atoms with E-state index in [2.05, 4.69) is 20.4 Å². The smallest absolute Gasteiger partial charge is 0.145 e. The van der Waals surface area contributed by atoms with Crippen molar-refractivity contribution in [1.29, 1.82) is 0 Å². The number of aliphatic hydroxyl groups is 1. The molecule has 2 fully saturated rings. The van der Waals surface area contributed by atoms with E-state index < -0.39 is 0 Å². The lowest BCUT2D eigenvalue weighted by Crippen LogP contribution is -2.41. The van der Waals surface area contributed by atoms with Crippen molar-refractivity contribution in [2.45, 2.75) is 58.8 Å². The van der Waals surface area contributed by atoms with Crippen molar-refractivity contribution in [1.82, 2.24) is 0 Å². The van der Waals surface area contributed by atoms with E-state index in [1.54, 1.807) is 0 Å². The molecule has 0 aromatic rings. The maximum atomic E-state index is 11.0. The number of allylic oxidation sites excluding steroid dienone is 2. The molecule has 0 aromatic heterocycles. The summed E-state index contributed by atoms with van der Waals surface area (Å²) in [6.45, 7) is 9.22. The average molecular weight is 290 g/mol. The number of carbonyl (C=O) groups is 1. The van der Waals surface area contributed by atoms with Crippen molar-refractivity contribution >= 4 is 6.29 Å². The predicted octanol–water partition coefficient (Wildman–Crippen LogP) is 4.29. The summed E-state index contributed by atoms with van der Waals surface area (Å²) in [5, 5.41) is 9.00. The molecule has 2 aliphatic carbocycles. The molecule has 118 valence electrons. The molecule has 0 heterocycles. The molecule has 3 atom stereocenters. The third kappa shape index (κ3) is 3.66. The predicted molar refractivity (Wildman–Crippen MR) is 86.9 cm³/mol. The summed E-state index contributed by atoms with van der Waals surface area (Å²) in [4.78, 5) is 11.0. The van der Waals surface area contributed by atoms with Gasteiger partial charge in [-0.1, -0.05) is 38.5 Å². The van der Waals surface area contributed by atoms with Crippen molar-refractivity contribution in [3.05, 3.63) is 23.8 Å². The summed E-state index contributed by atoms with van der Waals surface area (Å²) >= 11 is 0. The molecule has 0 bridgehead atoms. The number of rotatable bonds is 5. The average Bonchev–Trinajstić information content (AvgIpc) is 2.44. The molecule has 0 saturated heterocycles. The number of hydrogen-bond donors (Lipinski definition) is 1. The Morgan fingerprint density at radius 2 is 2.19 bits per heavy atom. The van der Waals surface area contributed by atoms with Crippen LogP contribution in [0.2, 0.25) is 0 Å². The van der Waals surface area contributed by atoms with Gasteiger partial charge >= 0.3 is 0 Å². The Morgan fingerprint density at radius 3 is 2.86 bits per heavy atom. The fourth-order valence-corrected chi connectivity index (χ4v) is 4.63. The van der Waals surface area contributed by atoms with Gasteiger partial charge in [-0.15, -0.1) is 0 Å². The number of hydrogen-bond acceptors (Lipinski definition) is 2. The zero-order chi connectivity index (χ0) is 15.5. The molecule has 1 N–H and O–H groups in total. The Morgan fingerprint density at radius 1 is 1.43 bits per heavy atom. The fourth-order valence-electron chi connectivity index (χ4n) is 4.63. The summed E-state index contributed by atoms with van der Waals surface area (Å²) in [5.74, 6) is 2.05. The third-order valence-corrected chi connectivity index (χ3v) is 5.88. The first-order chi connectivity index (χ1) is 9.99. The Bertz CT molecular complexity index is 419. The van der Waals surface area contributed by atoms with E-state index in [1.165, 1.54) is 31.3 Å². The van der Waals surface area contributed by atoms with Crippen molar-refractivity contribution in [2.24, 2.45) is 23.2 Å². The molecule has 0 radical (unpaired) electrons. The van der Waals surface area contributed by atoms with E-state index in [-0.39, 0.29) is 6.61 Å². The van der Waals surface area contributed by atoms with Gasteiger partial charge in [0, 0.05) is 6.61 Å². The molecule has 0 amide bonds. The normalized spacial score (nSPS) is 32.6. The van der Waals surface area contributed by atoms with E-state index in [1.807, 2.05) is 6.08 Å². The van der Waals surface area contributed by atoms with Crippen LogP contribution >= 0.6 is 0 Å². The molecule has 2 unspecified atom stereocenters. The van der Waals surface area contributed by atoms with Crippen LogP contribution in [0.25, 0.3) is 0 Å². The quantitative estimate of drug-likeness (QED) is 0.466. The summed E-state index contributed by atoms with van der Waals surface area (Å²) < 4.78 is 0. The Balaban J connectivity index is 2.12. The van der Waals surface area contributed by atoms with Crippen LogP contribution in [0.15, 0.2) is 23.8 Å². The van der Waals surface area contributed by atoms with Crippen LogP contribution in [-0.4, -0.2) is 18.0 Å². The minimum atomic E-state index is 0.0509. The van der Waals surface area contributed by atoms with E-state index >= 15 is 0 Å². The first-order valence-electron chi connectivity index (χ1n) is 8.42. The van der Waals surface area contributed by atoms with Gasteiger partial charge in [-0.05, 0) is 67.3 Å². The Kier molecular flexibility index (Phi) is 5.43. The lowest BCUT2D eigenvalue weighted by Gasteiger charge is -2.50. The first kappa shape index (κ1) is 16.5. The zero-order valence-corrected chi connectivity index (χ0v) is 13.6. The van der Waals surface area contributed by atoms with Gasteiger partial charge in [0.15, 0.2) is 0 Å². The highest BCUT2D eigenvalue weighted by molar-refractivity contribution is 5.73. The number of carbonyl (C=O) groups excluding carboxylic acids is 1. The molecule has 21 heavy (non-hydrogen) atoms. The molecular formula is C19H30O2. The number of aliphatic hydroxyl groups excluding tert-OH is 1. The van der Waals surface area contributed by atoms with Crippen molar-refractivity contribution in [3.63, 3.8) is 0 Å². The largest absolute Gasteiger partial charge is 0.396 e. The lowest BCUT2D eigenvalue weighted by atomic mass is 9.54. The fraction of sp³-hybridized carbons (Fsp3) is 0.737. The van der Waals surface area contributed by atoms with Crippen molar-refractivity contribution in [2.75, 3.05) is 6.61 Å². The van der Waals surface area contributed by atoms with Crippen LogP contribution in [0.3, 0.4) is 0 Å². The van der Waals surface area contributed by atoms with Crippen LogP contribution < -0.4 is 0 Å². The minimum Gasteiger partial charge on any atom is -0.396 e. The van der Waals surface area contributed by atoms with E-state index in [9.17, 15) is 4.79 Å². The molecule has 0 aliphatic heterocycles. The first-order valence-corrected chi connectivity index (χ1v) is 8.42. The number of fused-ring (bicyclic) bond motifs is 1. The molecular weight excluding hydrogens is 260 g/mol. The monoisotopic (exact) mass is 290 g/mol. The standard InChI is InChI=1S/C19H30O2/c1-14-6-9-18-17(5-4-11-19(18,2)3)16(14)8-7-15(13-21)10-12-20/h7,13,16-18,20H,1,4-6,8-12H2,2-3H3/b15-7+/t16-,17?,18?/m0/s1. The van der Waals surface area contributed by atoms with Gasteiger partial charge in [-0.2, -0.15) is 0 Å². The van der Waals surface area contributed by atoms with Crippen LogP contribution in [0, 0.1) is 23.2 Å². The molecule has 2 nitrogen and oxygen atoms in total. The summed E-state index contributed by atoms with van der Waals surface area (Å²) in [6, 6.07) is 0. The SMILES string of the molecule is C=C1CCC2C(CCCC2(C)C)[C@H]1C/C=C(/C=O)CCO. The number of aldehydes is 1. The van der Waals surface area contributed by atoms with Crippen molar-refractivity contribution < 1.29 is 9.90 Å². The van der Waals surface area contributed by atoms with Crippen LogP contribution in [-0.2, 0) is 4.79 Å². The molecule has 0 spiro atoms. The van der Waals surface area contributed by atoms with E-state index in [4.69, 9.17) is 5.11 Å². The Labute approximate surface area is 129 Å². The second-order valence-corrected chi connectivity index (χ2v) is 7.56. The highest BCUT2D eigenvalue weighted by Gasteiger charge is 2.44. The molecule has 2 rings (SSSR count). The zero-order valence-electron chi connectivity index (χ0n) is 13.6. The van der Waals surface area contributed by atoms with Gasteiger partial charge in [0.1, 0.15) is 6.29 Å². The summed E-state index contributed by atoms with van der Waals surface area (Å²) in [6.07, 6.45) is 10.7. The molecule has 2 saturated carbocycles. The Hall–Kier alpha value is -0.890. The lowest BCUT2D eigenvalue weighted by molar-refractivity contribution is -0.105. The van der Waals surface area contributed by atoms with Gasteiger partial charge < -0.3 is 5.11 Å². The maximum absolute atomic E-state index is 11.0. The van der Waals surface area contributed by atoms with Crippen molar-refractivity contribution in [3.8, 4) is 0 Å². The molecule has 2 heteroatoms.